The summed E-state index contributed by atoms with van der Waals surface area (Å²) in [6.07, 6.45) is 13.7. The third kappa shape index (κ3) is 10.6. The van der Waals surface area contributed by atoms with Gasteiger partial charge in [0.05, 0.1) is 0 Å². The van der Waals surface area contributed by atoms with Gasteiger partial charge in [-0.05, 0) is 12.1 Å². The van der Waals surface area contributed by atoms with Crippen molar-refractivity contribution in [2.45, 2.75) is 90.1 Å². The Morgan fingerprint density at radius 2 is 1.11 bits per heavy atom. The van der Waals surface area contributed by atoms with Crippen LogP contribution in [0.3, 0.4) is 0 Å². The minimum absolute atomic E-state index is 1.29. The van der Waals surface area contributed by atoms with E-state index < -0.39 is 6.94 Å². The van der Waals surface area contributed by atoms with Gasteiger partial charge >= 0.3 is 0 Å². The maximum atomic E-state index is 5.80. The molecule has 1 unspecified atom stereocenters. The largest absolute Gasteiger partial charge is 0.410 e. The Labute approximate surface area is 124 Å². The van der Waals surface area contributed by atoms with Crippen LogP contribution in [0.5, 0.6) is 0 Å². The lowest BCUT2D eigenvalue weighted by molar-refractivity contribution is 0.406. The molecule has 0 spiro atoms. The average molecular weight is 337 g/mol. The molecule has 0 aliphatic carbocycles. The second kappa shape index (κ2) is 12.7. The van der Waals surface area contributed by atoms with Crippen molar-refractivity contribution in [3.05, 3.63) is 0 Å². The van der Waals surface area contributed by atoms with Gasteiger partial charge < -0.3 is 4.43 Å². The Bertz CT molecular complexity index is 178. The highest BCUT2D eigenvalue weighted by atomic mass is 79.9. The monoisotopic (exact) mass is 336 g/mol. The summed E-state index contributed by atoms with van der Waals surface area (Å²) < 4.78 is 5.80. The number of hydrogen-bond acceptors (Lipinski definition) is 1. The van der Waals surface area contributed by atoms with Gasteiger partial charge in [0.25, 0.3) is 6.94 Å². The fraction of sp³-hybridized carbons (Fsp3) is 1.00. The summed E-state index contributed by atoms with van der Waals surface area (Å²) in [7, 11) is 1.90. The van der Waals surface area contributed by atoms with Crippen molar-refractivity contribution < 1.29 is 4.43 Å². The highest BCUT2D eigenvalue weighted by Crippen LogP contribution is 2.29. The number of unbranched alkanes of at least 4 members (excludes halogenated alkanes) is 8. The van der Waals surface area contributed by atoms with E-state index in [1.165, 1.54) is 76.3 Å². The van der Waals surface area contributed by atoms with Gasteiger partial charge in [0.1, 0.15) is 0 Å². The topological polar surface area (TPSA) is 9.23 Å². The molecule has 1 nitrogen and oxygen atoms in total. The lowest BCUT2D eigenvalue weighted by atomic mass is 10.1. The number of hydrogen-bond donors (Lipinski definition) is 0. The van der Waals surface area contributed by atoms with E-state index in [1.807, 2.05) is 7.11 Å². The van der Waals surface area contributed by atoms with Crippen LogP contribution >= 0.6 is 15.3 Å². The zero-order valence-corrected chi connectivity index (χ0v) is 15.4. The third-order valence-corrected chi connectivity index (χ3v) is 9.96. The van der Waals surface area contributed by atoms with Gasteiger partial charge in [0.15, 0.2) is 0 Å². The van der Waals surface area contributed by atoms with E-state index in [0.29, 0.717) is 0 Å². The maximum absolute atomic E-state index is 5.80. The molecule has 0 radical (unpaired) electrons. The second-order valence-electron chi connectivity index (χ2n) is 5.42. The average Bonchev–Trinajstić information content (AvgIpc) is 2.39. The van der Waals surface area contributed by atoms with E-state index in [-0.39, 0.29) is 0 Å². The standard InChI is InChI=1S/C15H33BrOSi/c1-4-6-8-10-11-13-15-18(16,17-3)14-12-9-7-5-2/h4-15H2,1-3H3. The summed E-state index contributed by atoms with van der Waals surface area (Å²) >= 11 is 3.94. The van der Waals surface area contributed by atoms with Gasteiger partial charge in [-0.3, -0.25) is 0 Å². The summed E-state index contributed by atoms with van der Waals surface area (Å²) in [5.74, 6) is 0. The van der Waals surface area contributed by atoms with E-state index in [1.54, 1.807) is 0 Å². The van der Waals surface area contributed by atoms with E-state index in [4.69, 9.17) is 4.43 Å². The van der Waals surface area contributed by atoms with Gasteiger partial charge in [-0.1, -0.05) is 93.3 Å². The van der Waals surface area contributed by atoms with Gasteiger partial charge in [-0.25, -0.2) is 0 Å². The van der Waals surface area contributed by atoms with Crippen molar-refractivity contribution in [2.75, 3.05) is 7.11 Å². The minimum atomic E-state index is -1.53. The molecule has 0 bridgehead atoms. The molecule has 0 saturated carbocycles. The van der Waals surface area contributed by atoms with Crippen LogP contribution in [0.15, 0.2) is 0 Å². The third-order valence-electron chi connectivity index (χ3n) is 3.67. The summed E-state index contributed by atoms with van der Waals surface area (Å²) in [5, 5.41) is 0. The molecule has 0 N–H and O–H groups in total. The molecule has 0 saturated heterocycles. The summed E-state index contributed by atoms with van der Waals surface area (Å²) in [4.78, 5) is 0. The smallest absolute Gasteiger partial charge is 0.263 e. The van der Waals surface area contributed by atoms with Gasteiger partial charge in [0, 0.05) is 7.11 Å². The first-order valence-electron chi connectivity index (χ1n) is 7.92. The zero-order valence-electron chi connectivity index (χ0n) is 12.8. The van der Waals surface area contributed by atoms with Crippen molar-refractivity contribution in [2.24, 2.45) is 0 Å². The van der Waals surface area contributed by atoms with Crippen LogP contribution in [0.25, 0.3) is 0 Å². The summed E-state index contributed by atoms with van der Waals surface area (Å²) in [6.45, 7) is 3.02. The van der Waals surface area contributed by atoms with Gasteiger partial charge in [0.2, 0.25) is 0 Å². The van der Waals surface area contributed by atoms with E-state index >= 15 is 0 Å². The van der Waals surface area contributed by atoms with Crippen LogP contribution in [0.1, 0.15) is 78.1 Å². The molecule has 0 rings (SSSR count). The Morgan fingerprint density at radius 3 is 1.56 bits per heavy atom. The highest BCUT2D eigenvalue weighted by molar-refractivity contribution is 9.25. The normalized spacial score (nSPS) is 14.7. The lowest BCUT2D eigenvalue weighted by Gasteiger charge is -2.23. The van der Waals surface area contributed by atoms with Crippen LogP contribution in [-0.2, 0) is 4.43 Å². The predicted molar refractivity (Wildman–Crippen MR) is 88.8 cm³/mol. The molecule has 0 fully saturated rings. The molecule has 110 valence electrons. The molecular weight excluding hydrogens is 304 g/mol. The Balaban J connectivity index is 3.58. The predicted octanol–water partition coefficient (Wildman–Crippen LogP) is 6.41. The van der Waals surface area contributed by atoms with Crippen LogP contribution < -0.4 is 0 Å². The molecule has 18 heavy (non-hydrogen) atoms. The Kier molecular flexibility index (Phi) is 13.1. The van der Waals surface area contributed by atoms with Crippen molar-refractivity contribution in [1.82, 2.24) is 0 Å². The molecule has 1 atom stereocenters. The SMILES string of the molecule is CCCCCCCC[Si](Br)(CCCCCC)OC. The zero-order chi connectivity index (χ0) is 13.7. The fourth-order valence-electron chi connectivity index (χ4n) is 2.31. The quantitative estimate of drug-likeness (QED) is 0.214. The summed E-state index contributed by atoms with van der Waals surface area (Å²) in [6, 6.07) is 2.58. The van der Waals surface area contributed by atoms with Crippen molar-refractivity contribution in [3.8, 4) is 0 Å². The molecule has 0 amide bonds. The fourth-order valence-corrected chi connectivity index (χ4v) is 6.21. The Hall–Kier alpha value is 0.657. The first kappa shape index (κ1) is 18.7. The lowest BCUT2D eigenvalue weighted by Crippen LogP contribution is -2.29. The molecule has 0 aromatic carbocycles. The minimum Gasteiger partial charge on any atom is -0.410 e. The molecule has 0 heterocycles. The first-order chi connectivity index (χ1) is 8.68. The molecule has 0 aromatic rings. The molecular formula is C15H33BrOSi. The maximum Gasteiger partial charge on any atom is 0.263 e. The van der Waals surface area contributed by atoms with Crippen molar-refractivity contribution >= 4 is 22.2 Å². The summed E-state index contributed by atoms with van der Waals surface area (Å²) in [5.41, 5.74) is 0. The van der Waals surface area contributed by atoms with Crippen LogP contribution in [0.2, 0.25) is 12.1 Å². The second-order valence-corrected chi connectivity index (χ2v) is 12.9. The van der Waals surface area contributed by atoms with Crippen molar-refractivity contribution in [1.29, 1.82) is 0 Å². The Morgan fingerprint density at radius 1 is 0.722 bits per heavy atom. The molecule has 0 aliphatic rings. The van der Waals surface area contributed by atoms with Crippen LogP contribution in [0, 0.1) is 0 Å². The van der Waals surface area contributed by atoms with E-state index in [2.05, 4.69) is 29.1 Å². The van der Waals surface area contributed by atoms with E-state index in [9.17, 15) is 0 Å². The number of halogens is 1. The number of rotatable bonds is 13. The van der Waals surface area contributed by atoms with Gasteiger partial charge in [-0.2, -0.15) is 0 Å². The van der Waals surface area contributed by atoms with Crippen molar-refractivity contribution in [3.63, 3.8) is 0 Å². The first-order valence-corrected chi connectivity index (χ1v) is 12.5. The van der Waals surface area contributed by atoms with Gasteiger partial charge in [-0.15, -0.1) is 0 Å². The van der Waals surface area contributed by atoms with Crippen LogP contribution in [-0.4, -0.2) is 14.0 Å². The molecule has 3 heteroatoms. The van der Waals surface area contributed by atoms with E-state index in [0.717, 1.165) is 0 Å². The molecule has 0 aromatic heterocycles. The highest BCUT2D eigenvalue weighted by Gasteiger charge is 2.29. The van der Waals surface area contributed by atoms with Crippen LogP contribution in [0.4, 0.5) is 0 Å². The molecule has 0 aliphatic heterocycles.